The van der Waals surface area contributed by atoms with Gasteiger partial charge in [-0.15, -0.1) is 0 Å². The van der Waals surface area contributed by atoms with E-state index in [-0.39, 0.29) is 23.5 Å². The summed E-state index contributed by atoms with van der Waals surface area (Å²) in [6.07, 6.45) is 11.1. The van der Waals surface area contributed by atoms with Crippen LogP contribution in [0.3, 0.4) is 0 Å². The molecule has 2 unspecified atom stereocenters. The molecule has 0 saturated carbocycles. The number of hydrogen-bond donors (Lipinski definition) is 6. The van der Waals surface area contributed by atoms with Crippen LogP contribution in [0, 0.1) is 5.92 Å². The largest absolute Gasteiger partial charge is 0.508 e. The summed E-state index contributed by atoms with van der Waals surface area (Å²) in [6.45, 7) is 2.26. The number of aliphatic imine (C=N–C) groups is 2. The monoisotopic (exact) mass is 643 g/mol. The lowest BCUT2D eigenvalue weighted by Gasteiger charge is -2.35. The average molecular weight is 644 g/mol. The number of fused-ring (bicyclic) bond motifs is 2. The van der Waals surface area contributed by atoms with Gasteiger partial charge in [0.05, 0.1) is 19.3 Å². The molecule has 6 N–H and O–H groups in total. The first-order valence-corrected chi connectivity index (χ1v) is 15.9. The molecule has 2 heterocycles. The number of phenols is 2. The van der Waals surface area contributed by atoms with Gasteiger partial charge in [-0.05, 0) is 68.0 Å². The Bertz CT molecular complexity index is 1690. The molecular formula is C33H38ClN9O3. The summed E-state index contributed by atoms with van der Waals surface area (Å²) in [4.78, 5) is 23.2. The highest BCUT2D eigenvalue weighted by atomic mass is 35.5. The van der Waals surface area contributed by atoms with Gasteiger partial charge in [-0.2, -0.15) is 15.0 Å². The Morgan fingerprint density at radius 2 is 1.78 bits per heavy atom. The van der Waals surface area contributed by atoms with Crippen LogP contribution in [-0.4, -0.2) is 69.9 Å². The van der Waals surface area contributed by atoms with Gasteiger partial charge < -0.3 is 36.2 Å². The number of halogens is 1. The van der Waals surface area contributed by atoms with Crippen molar-refractivity contribution in [2.45, 2.75) is 38.1 Å². The average Bonchev–Trinajstić information content (AvgIpc) is 3.05. The van der Waals surface area contributed by atoms with E-state index in [1.807, 2.05) is 12.1 Å². The van der Waals surface area contributed by atoms with Crippen LogP contribution in [0.25, 0.3) is 0 Å². The van der Waals surface area contributed by atoms with Gasteiger partial charge in [-0.1, -0.05) is 17.7 Å². The molecule has 0 saturated heterocycles. The second-order valence-electron chi connectivity index (χ2n) is 11.3. The zero-order valence-electron chi connectivity index (χ0n) is 25.6. The first-order chi connectivity index (χ1) is 22.4. The molecule has 0 amide bonds. The summed E-state index contributed by atoms with van der Waals surface area (Å²) >= 11 is 6.36. The number of ether oxygens (including phenoxy) is 1. The van der Waals surface area contributed by atoms with E-state index >= 15 is 0 Å². The van der Waals surface area contributed by atoms with Gasteiger partial charge in [0.15, 0.2) is 0 Å². The minimum atomic E-state index is -0.0356. The van der Waals surface area contributed by atoms with Crippen molar-refractivity contribution < 1.29 is 14.9 Å². The first kappa shape index (κ1) is 31.3. The number of nitrogens with one attached hydrogen (secondary N) is 4. The molecule has 1 aromatic heterocycles. The van der Waals surface area contributed by atoms with E-state index in [9.17, 15) is 10.2 Å². The molecule has 6 rings (SSSR count). The molecule has 0 spiro atoms. The SMILES string of the molecule is COc1cc(O)cc(Nc2nc(NCCN=C3C=CCCC3)nc(NCCNC3c4cc(O)ccc4N=C4C=C(Cl)CCC43)n2)c1. The van der Waals surface area contributed by atoms with Gasteiger partial charge in [0.25, 0.3) is 0 Å². The summed E-state index contributed by atoms with van der Waals surface area (Å²) in [7, 11) is 1.54. The zero-order chi connectivity index (χ0) is 31.9. The van der Waals surface area contributed by atoms with Crippen LogP contribution < -0.4 is 26.0 Å². The molecule has 0 fully saturated rings. The molecule has 1 aliphatic heterocycles. The molecule has 0 radical (unpaired) electrons. The summed E-state index contributed by atoms with van der Waals surface area (Å²) in [6, 6.07) is 10.1. The molecule has 2 aromatic carbocycles. The Hall–Kier alpha value is -4.68. The summed E-state index contributed by atoms with van der Waals surface area (Å²) in [5.41, 5.74) is 4.43. The van der Waals surface area contributed by atoms with Crippen molar-refractivity contribution >= 4 is 52.2 Å². The topological polar surface area (TPSA) is 161 Å². The molecule has 0 bridgehead atoms. The van der Waals surface area contributed by atoms with E-state index in [2.05, 4.69) is 53.4 Å². The fraction of sp³-hybridized carbons (Fsp3) is 0.364. The number of aromatic nitrogens is 3. The van der Waals surface area contributed by atoms with E-state index in [0.29, 0.717) is 55.5 Å². The minimum Gasteiger partial charge on any atom is -0.508 e. The number of anilines is 4. The van der Waals surface area contributed by atoms with Crippen molar-refractivity contribution in [3.63, 3.8) is 0 Å². The highest BCUT2D eigenvalue weighted by Gasteiger charge is 2.34. The van der Waals surface area contributed by atoms with Crippen molar-refractivity contribution in [1.82, 2.24) is 20.3 Å². The van der Waals surface area contributed by atoms with Crippen LogP contribution in [0.2, 0.25) is 0 Å². The number of hydrogen-bond acceptors (Lipinski definition) is 12. The highest BCUT2D eigenvalue weighted by molar-refractivity contribution is 6.31. The Balaban J connectivity index is 1.14. The van der Waals surface area contributed by atoms with E-state index in [0.717, 1.165) is 59.8 Å². The normalized spacial score (nSPS) is 19.5. The Kier molecular flexibility index (Phi) is 9.94. The molecule has 12 nitrogen and oxygen atoms in total. The van der Waals surface area contributed by atoms with Crippen molar-refractivity contribution in [3.05, 3.63) is 65.2 Å². The van der Waals surface area contributed by atoms with E-state index < -0.39 is 0 Å². The van der Waals surface area contributed by atoms with Gasteiger partial charge >= 0.3 is 0 Å². The third-order valence-electron chi connectivity index (χ3n) is 7.99. The molecular weight excluding hydrogens is 606 g/mol. The highest BCUT2D eigenvalue weighted by Crippen LogP contribution is 2.43. The standard InChI is InChI=1S/C33H38ClN9O3/c1-46-25-17-22(16-24(45)18-25)39-33-42-31(37-13-11-35-21-5-3-2-4-6-21)41-32(43-33)38-14-12-36-30-26-9-7-20(34)15-29(26)40-28-10-8-23(44)19-27(28)30/h3,5,8,10,15-19,26,30,36,44-45H,2,4,6-7,9,11-14H2,1H3,(H3,37,38,39,41,42,43). The van der Waals surface area contributed by atoms with Crippen molar-refractivity contribution in [2.24, 2.45) is 15.9 Å². The Labute approximate surface area is 272 Å². The fourth-order valence-electron chi connectivity index (χ4n) is 5.83. The fourth-order valence-corrected chi connectivity index (χ4v) is 6.05. The molecule has 46 heavy (non-hydrogen) atoms. The van der Waals surface area contributed by atoms with Gasteiger partial charge in [-0.25, -0.2) is 0 Å². The molecule has 2 atom stereocenters. The van der Waals surface area contributed by atoms with Crippen LogP contribution in [0.4, 0.5) is 29.2 Å². The number of aromatic hydroxyl groups is 2. The van der Waals surface area contributed by atoms with E-state index in [4.69, 9.17) is 21.3 Å². The van der Waals surface area contributed by atoms with Crippen LogP contribution in [0.5, 0.6) is 17.2 Å². The van der Waals surface area contributed by atoms with Gasteiger partial charge in [-0.3, -0.25) is 9.98 Å². The first-order valence-electron chi connectivity index (χ1n) is 15.5. The van der Waals surface area contributed by atoms with E-state index in [1.54, 1.807) is 24.3 Å². The van der Waals surface area contributed by atoms with Gasteiger partial charge in [0, 0.05) is 71.9 Å². The Morgan fingerprint density at radius 3 is 2.59 bits per heavy atom. The quantitative estimate of drug-likeness (QED) is 0.129. The summed E-state index contributed by atoms with van der Waals surface area (Å²) < 4.78 is 5.29. The van der Waals surface area contributed by atoms with E-state index in [1.165, 1.54) is 13.2 Å². The number of phenolic OH excluding ortho intramolecular Hbond substituents is 2. The summed E-state index contributed by atoms with van der Waals surface area (Å²) in [5, 5.41) is 34.5. The smallest absolute Gasteiger partial charge is 0.233 e. The lowest BCUT2D eigenvalue weighted by atomic mass is 9.79. The van der Waals surface area contributed by atoms with Crippen LogP contribution in [0.1, 0.15) is 43.7 Å². The lowest BCUT2D eigenvalue weighted by molar-refractivity contribution is 0.408. The van der Waals surface area contributed by atoms with Crippen LogP contribution in [-0.2, 0) is 0 Å². The number of benzene rings is 2. The van der Waals surface area contributed by atoms with Gasteiger partial charge in [0.2, 0.25) is 17.8 Å². The van der Waals surface area contributed by atoms with Crippen LogP contribution >= 0.6 is 11.6 Å². The lowest BCUT2D eigenvalue weighted by Crippen LogP contribution is -2.38. The van der Waals surface area contributed by atoms with Crippen molar-refractivity contribution in [2.75, 3.05) is 49.2 Å². The van der Waals surface area contributed by atoms with Crippen molar-refractivity contribution in [3.8, 4) is 17.2 Å². The minimum absolute atomic E-state index is 0.0356. The van der Waals surface area contributed by atoms with Gasteiger partial charge in [0.1, 0.15) is 17.2 Å². The maximum atomic E-state index is 10.2. The predicted octanol–water partition coefficient (Wildman–Crippen LogP) is 5.99. The molecule has 2 aliphatic carbocycles. The number of allylic oxidation sites excluding steroid dienone is 4. The maximum Gasteiger partial charge on any atom is 0.233 e. The Morgan fingerprint density at radius 1 is 0.957 bits per heavy atom. The van der Waals surface area contributed by atoms with Crippen molar-refractivity contribution in [1.29, 1.82) is 0 Å². The van der Waals surface area contributed by atoms with Crippen LogP contribution in [0.15, 0.2) is 69.6 Å². The second kappa shape index (κ2) is 14.6. The zero-order valence-corrected chi connectivity index (χ0v) is 26.4. The number of methoxy groups -OCH3 is 1. The third kappa shape index (κ3) is 7.93. The number of nitrogens with zero attached hydrogens (tertiary/aromatic N) is 5. The third-order valence-corrected chi connectivity index (χ3v) is 8.29. The molecule has 3 aliphatic rings. The molecule has 3 aromatic rings. The second-order valence-corrected chi connectivity index (χ2v) is 11.8. The maximum absolute atomic E-state index is 10.2. The molecule has 240 valence electrons. The number of rotatable bonds is 12. The summed E-state index contributed by atoms with van der Waals surface area (Å²) in [5.74, 6) is 1.98. The molecule has 13 heteroatoms. The predicted molar refractivity (Wildman–Crippen MR) is 183 cm³/mol.